The number of aromatic carboxylic acids is 1. The number of carboxylic acids is 1. The van der Waals surface area contributed by atoms with E-state index in [1.54, 1.807) is 16.6 Å². The number of benzene rings is 2. The van der Waals surface area contributed by atoms with Gasteiger partial charge in [-0.05, 0) is 74.5 Å². The highest BCUT2D eigenvalue weighted by atomic mass is 16.5. The number of hydrogen-bond donors (Lipinski definition) is 2. The summed E-state index contributed by atoms with van der Waals surface area (Å²) in [5.41, 5.74) is 3.54. The normalized spacial score (nSPS) is 11.0. The summed E-state index contributed by atoms with van der Waals surface area (Å²) in [4.78, 5) is 15.5. The summed E-state index contributed by atoms with van der Waals surface area (Å²) >= 11 is 0. The summed E-state index contributed by atoms with van der Waals surface area (Å²) in [5, 5.41) is 16.7. The molecule has 2 heterocycles. The van der Waals surface area contributed by atoms with Crippen molar-refractivity contribution in [3.63, 3.8) is 0 Å². The van der Waals surface area contributed by atoms with Crippen molar-refractivity contribution in [3.05, 3.63) is 72.3 Å². The Labute approximate surface area is 167 Å². The highest BCUT2D eigenvalue weighted by Crippen LogP contribution is 2.24. The van der Waals surface area contributed by atoms with E-state index in [-0.39, 0.29) is 11.7 Å². The molecule has 0 atom stereocenters. The van der Waals surface area contributed by atoms with Crippen molar-refractivity contribution in [2.45, 2.75) is 20.0 Å². The quantitative estimate of drug-likeness (QED) is 0.501. The summed E-state index contributed by atoms with van der Waals surface area (Å²) in [6.45, 7) is 3.99. The highest BCUT2D eigenvalue weighted by molar-refractivity contribution is 5.88. The van der Waals surface area contributed by atoms with Crippen LogP contribution in [0.3, 0.4) is 0 Å². The van der Waals surface area contributed by atoms with Crippen LogP contribution in [0.25, 0.3) is 16.9 Å². The zero-order chi connectivity index (χ0) is 20.4. The van der Waals surface area contributed by atoms with Gasteiger partial charge in [0.25, 0.3) is 0 Å². The molecule has 0 amide bonds. The molecule has 0 spiro atoms. The van der Waals surface area contributed by atoms with Gasteiger partial charge in [0.15, 0.2) is 5.65 Å². The molecule has 4 rings (SSSR count). The number of carbonyl (C=O) groups is 1. The largest absolute Gasteiger partial charge is 0.491 e. The van der Waals surface area contributed by atoms with Gasteiger partial charge in [0.1, 0.15) is 5.75 Å². The Kier molecular flexibility index (Phi) is 4.87. The number of nitrogens with zero attached hydrogens (tertiary/aromatic N) is 3. The molecule has 0 saturated carbocycles. The van der Waals surface area contributed by atoms with Crippen LogP contribution in [0.5, 0.6) is 5.75 Å². The molecule has 0 aliphatic heterocycles. The Bertz CT molecular complexity index is 1150. The number of nitrogens with one attached hydrogen (secondary N) is 1. The summed E-state index contributed by atoms with van der Waals surface area (Å²) in [6, 6.07) is 20.1. The summed E-state index contributed by atoms with van der Waals surface area (Å²) < 4.78 is 7.47. The molecule has 0 unspecified atom stereocenters. The minimum Gasteiger partial charge on any atom is -0.491 e. The van der Waals surface area contributed by atoms with Crippen molar-refractivity contribution in [2.24, 2.45) is 0 Å². The van der Waals surface area contributed by atoms with Crippen LogP contribution in [0.4, 0.5) is 11.6 Å². The lowest BCUT2D eigenvalue weighted by atomic mass is 10.1. The van der Waals surface area contributed by atoms with Crippen molar-refractivity contribution in [2.75, 3.05) is 5.32 Å². The maximum Gasteiger partial charge on any atom is 0.335 e. The lowest BCUT2D eigenvalue weighted by Crippen LogP contribution is -2.05. The molecule has 0 saturated heterocycles. The standard InChI is InChI=1S/C22H20N4O3/c1-14(2)29-18-12-8-15(9-13-18)19-4-3-5-20-24-22(25-26(19)20)23-17-10-6-16(7-11-17)21(27)28/h3-14H,1-2H3,(H,23,25)(H,27,28). The second kappa shape index (κ2) is 7.63. The van der Waals surface area contributed by atoms with Crippen LogP contribution < -0.4 is 10.1 Å². The first-order valence-corrected chi connectivity index (χ1v) is 9.23. The first-order valence-electron chi connectivity index (χ1n) is 9.23. The number of ether oxygens (including phenoxy) is 1. The number of aromatic nitrogens is 3. The molecule has 7 nitrogen and oxygen atoms in total. The third-order valence-corrected chi connectivity index (χ3v) is 4.27. The van der Waals surface area contributed by atoms with E-state index in [1.807, 2.05) is 56.3 Å². The minimum absolute atomic E-state index is 0.123. The van der Waals surface area contributed by atoms with E-state index in [0.29, 0.717) is 17.3 Å². The number of hydrogen-bond acceptors (Lipinski definition) is 5. The molecular formula is C22H20N4O3. The van der Waals surface area contributed by atoms with Crippen molar-refractivity contribution in [1.29, 1.82) is 0 Å². The number of anilines is 2. The Morgan fingerprint density at radius 3 is 2.41 bits per heavy atom. The smallest absolute Gasteiger partial charge is 0.335 e. The van der Waals surface area contributed by atoms with Gasteiger partial charge in [0.05, 0.1) is 17.4 Å². The van der Waals surface area contributed by atoms with Crippen molar-refractivity contribution in [1.82, 2.24) is 14.6 Å². The Hall–Kier alpha value is -3.87. The fraction of sp³-hybridized carbons (Fsp3) is 0.136. The first kappa shape index (κ1) is 18.5. The third-order valence-electron chi connectivity index (χ3n) is 4.27. The summed E-state index contributed by atoms with van der Waals surface area (Å²) in [6.07, 6.45) is 0.123. The highest BCUT2D eigenvalue weighted by Gasteiger charge is 2.10. The maximum atomic E-state index is 11.0. The number of pyridine rings is 1. The predicted octanol–water partition coefficient (Wildman–Crippen LogP) is 4.63. The molecule has 7 heteroatoms. The molecule has 2 aromatic carbocycles. The van der Waals surface area contributed by atoms with Crippen LogP contribution in [0.2, 0.25) is 0 Å². The fourth-order valence-electron chi connectivity index (χ4n) is 2.98. The van der Waals surface area contributed by atoms with E-state index < -0.39 is 5.97 Å². The van der Waals surface area contributed by atoms with Crippen LogP contribution in [0.1, 0.15) is 24.2 Å². The molecule has 0 radical (unpaired) electrons. The van der Waals surface area contributed by atoms with Gasteiger partial charge in [-0.25, -0.2) is 9.31 Å². The summed E-state index contributed by atoms with van der Waals surface area (Å²) in [5.74, 6) is 0.291. The van der Waals surface area contributed by atoms with Gasteiger partial charge in [0, 0.05) is 11.3 Å². The zero-order valence-corrected chi connectivity index (χ0v) is 16.0. The molecular weight excluding hydrogens is 368 g/mol. The number of rotatable bonds is 6. The SMILES string of the molecule is CC(C)Oc1ccc(-c2cccc3nc(Nc4ccc(C(=O)O)cc4)nn23)cc1. The molecule has 4 aromatic rings. The zero-order valence-electron chi connectivity index (χ0n) is 16.0. The second-order valence-electron chi connectivity index (χ2n) is 6.81. The van der Waals surface area contributed by atoms with Crippen molar-refractivity contribution >= 4 is 23.3 Å². The fourth-order valence-corrected chi connectivity index (χ4v) is 2.98. The Morgan fingerprint density at radius 1 is 1.03 bits per heavy atom. The van der Waals surface area contributed by atoms with Crippen molar-refractivity contribution in [3.8, 4) is 17.0 Å². The molecule has 0 bridgehead atoms. The van der Waals surface area contributed by atoms with E-state index in [0.717, 1.165) is 17.0 Å². The van der Waals surface area contributed by atoms with Gasteiger partial charge in [0.2, 0.25) is 5.95 Å². The minimum atomic E-state index is -0.961. The van der Waals surface area contributed by atoms with Gasteiger partial charge in [-0.3, -0.25) is 0 Å². The second-order valence-corrected chi connectivity index (χ2v) is 6.81. The van der Waals surface area contributed by atoms with Crippen LogP contribution in [0.15, 0.2) is 66.7 Å². The monoisotopic (exact) mass is 388 g/mol. The van der Waals surface area contributed by atoms with Gasteiger partial charge in [-0.15, -0.1) is 5.10 Å². The Morgan fingerprint density at radius 2 is 1.76 bits per heavy atom. The van der Waals surface area contributed by atoms with E-state index in [1.165, 1.54) is 12.1 Å². The molecule has 2 N–H and O–H groups in total. The van der Waals surface area contributed by atoms with E-state index in [2.05, 4.69) is 15.4 Å². The average Bonchev–Trinajstić information content (AvgIpc) is 3.11. The van der Waals surface area contributed by atoms with Crippen LogP contribution in [0, 0.1) is 0 Å². The van der Waals surface area contributed by atoms with E-state index in [4.69, 9.17) is 9.84 Å². The van der Waals surface area contributed by atoms with Gasteiger partial charge < -0.3 is 15.2 Å². The van der Waals surface area contributed by atoms with Crippen LogP contribution in [-0.4, -0.2) is 31.8 Å². The van der Waals surface area contributed by atoms with E-state index >= 15 is 0 Å². The van der Waals surface area contributed by atoms with Crippen LogP contribution in [-0.2, 0) is 0 Å². The molecule has 0 aliphatic rings. The number of carboxylic acid groups (broad SMARTS) is 1. The predicted molar refractivity (Wildman–Crippen MR) is 111 cm³/mol. The van der Waals surface area contributed by atoms with Gasteiger partial charge in [-0.2, -0.15) is 4.98 Å². The Balaban J connectivity index is 1.62. The van der Waals surface area contributed by atoms with Crippen molar-refractivity contribution < 1.29 is 14.6 Å². The lowest BCUT2D eigenvalue weighted by Gasteiger charge is -2.10. The van der Waals surface area contributed by atoms with Crippen LogP contribution >= 0.6 is 0 Å². The molecule has 2 aromatic heterocycles. The molecule has 0 fully saturated rings. The average molecular weight is 388 g/mol. The number of fused-ring (bicyclic) bond motifs is 1. The van der Waals surface area contributed by atoms with Gasteiger partial charge >= 0.3 is 5.97 Å². The topological polar surface area (TPSA) is 88.8 Å². The third kappa shape index (κ3) is 4.03. The molecule has 146 valence electrons. The first-order chi connectivity index (χ1) is 14.0. The summed E-state index contributed by atoms with van der Waals surface area (Å²) in [7, 11) is 0. The van der Waals surface area contributed by atoms with E-state index in [9.17, 15) is 4.79 Å². The lowest BCUT2D eigenvalue weighted by molar-refractivity contribution is 0.0697. The molecule has 29 heavy (non-hydrogen) atoms. The van der Waals surface area contributed by atoms with Gasteiger partial charge in [-0.1, -0.05) is 6.07 Å². The maximum absolute atomic E-state index is 11.0. The molecule has 0 aliphatic carbocycles.